The number of benzene rings is 3. The summed E-state index contributed by atoms with van der Waals surface area (Å²) in [6.07, 6.45) is 1.62. The molecule has 0 aliphatic heterocycles. The number of anilines is 1. The first-order valence-electron chi connectivity index (χ1n) is 7.82. The molecule has 0 bridgehead atoms. The number of amides is 2. The van der Waals surface area contributed by atoms with Crippen LogP contribution < -0.4 is 10.7 Å². The van der Waals surface area contributed by atoms with Crippen LogP contribution in [0.4, 0.5) is 5.69 Å². The molecule has 5 heteroatoms. The van der Waals surface area contributed by atoms with Gasteiger partial charge in [-0.15, -0.1) is 0 Å². The second kappa shape index (κ2) is 7.40. The minimum absolute atomic E-state index is 0.188. The highest BCUT2D eigenvalue weighted by Crippen LogP contribution is 2.16. The molecule has 5 nitrogen and oxygen atoms in total. The average Bonchev–Trinajstić information content (AvgIpc) is 2.61. The van der Waals surface area contributed by atoms with Crippen LogP contribution in [0, 0.1) is 0 Å². The zero-order valence-corrected chi connectivity index (χ0v) is 13.7. The minimum Gasteiger partial charge on any atom is -0.326 e. The first kappa shape index (κ1) is 16.4. The van der Waals surface area contributed by atoms with E-state index in [0.29, 0.717) is 11.3 Å². The predicted octanol–water partition coefficient (Wildman–Crippen LogP) is 3.56. The van der Waals surface area contributed by atoms with E-state index < -0.39 is 0 Å². The molecule has 2 amide bonds. The van der Waals surface area contributed by atoms with Crippen molar-refractivity contribution in [1.29, 1.82) is 0 Å². The lowest BCUT2D eigenvalue weighted by Gasteiger charge is -2.05. The fraction of sp³-hybridized carbons (Fsp3) is 0.0500. The van der Waals surface area contributed by atoms with E-state index in [1.54, 1.807) is 30.5 Å². The normalized spacial score (nSPS) is 10.8. The second-order valence-electron chi connectivity index (χ2n) is 5.53. The summed E-state index contributed by atoms with van der Waals surface area (Å²) in [4.78, 5) is 23.3. The Hall–Kier alpha value is -3.47. The molecule has 3 rings (SSSR count). The standard InChI is InChI=1S/C20H17N3O2/c1-14(24)22-18-10-5-8-16(12-18)20(25)23-21-13-17-9-4-7-15-6-2-3-11-19(15)17/h2-13H,1H3,(H,22,24)(H,23,25)/b21-13-. The number of hydrazone groups is 1. The van der Waals surface area contributed by atoms with Crippen LogP contribution in [-0.2, 0) is 4.79 Å². The Morgan fingerprint density at radius 1 is 0.960 bits per heavy atom. The van der Waals surface area contributed by atoms with Gasteiger partial charge in [0.25, 0.3) is 5.91 Å². The van der Waals surface area contributed by atoms with E-state index in [9.17, 15) is 9.59 Å². The third-order valence-corrected chi connectivity index (χ3v) is 3.64. The number of hydrogen-bond donors (Lipinski definition) is 2. The number of carbonyl (C=O) groups excluding carboxylic acids is 2. The molecule has 0 saturated carbocycles. The van der Waals surface area contributed by atoms with Gasteiger partial charge in [0.1, 0.15) is 0 Å². The molecule has 0 unspecified atom stereocenters. The Labute approximate surface area is 145 Å². The maximum Gasteiger partial charge on any atom is 0.271 e. The zero-order chi connectivity index (χ0) is 17.6. The van der Waals surface area contributed by atoms with Gasteiger partial charge in [-0.2, -0.15) is 5.10 Å². The summed E-state index contributed by atoms with van der Waals surface area (Å²) in [7, 11) is 0. The maximum absolute atomic E-state index is 12.2. The molecule has 0 aliphatic carbocycles. The van der Waals surface area contributed by atoms with E-state index in [0.717, 1.165) is 16.3 Å². The van der Waals surface area contributed by atoms with Crippen LogP contribution in [0.15, 0.2) is 71.8 Å². The van der Waals surface area contributed by atoms with Crippen molar-refractivity contribution in [3.05, 3.63) is 77.9 Å². The molecule has 2 N–H and O–H groups in total. The number of fused-ring (bicyclic) bond motifs is 1. The van der Waals surface area contributed by atoms with Crippen LogP contribution in [-0.4, -0.2) is 18.0 Å². The molecule has 124 valence electrons. The van der Waals surface area contributed by atoms with Crippen molar-refractivity contribution in [1.82, 2.24) is 5.43 Å². The second-order valence-corrected chi connectivity index (χ2v) is 5.53. The van der Waals surface area contributed by atoms with E-state index in [1.807, 2.05) is 42.5 Å². The van der Waals surface area contributed by atoms with E-state index in [-0.39, 0.29) is 11.8 Å². The first-order valence-corrected chi connectivity index (χ1v) is 7.82. The van der Waals surface area contributed by atoms with Crippen LogP contribution in [0.25, 0.3) is 10.8 Å². The van der Waals surface area contributed by atoms with Gasteiger partial charge < -0.3 is 5.32 Å². The van der Waals surface area contributed by atoms with Crippen molar-refractivity contribution in [3.63, 3.8) is 0 Å². The molecule has 0 radical (unpaired) electrons. The van der Waals surface area contributed by atoms with Gasteiger partial charge in [0.15, 0.2) is 0 Å². The molecule has 3 aromatic rings. The Morgan fingerprint density at radius 2 is 1.72 bits per heavy atom. The lowest BCUT2D eigenvalue weighted by molar-refractivity contribution is -0.114. The number of carbonyl (C=O) groups is 2. The van der Waals surface area contributed by atoms with Crippen molar-refractivity contribution in [2.45, 2.75) is 6.92 Å². The molecule has 25 heavy (non-hydrogen) atoms. The molecule has 0 atom stereocenters. The van der Waals surface area contributed by atoms with Gasteiger partial charge in [-0.05, 0) is 29.0 Å². The topological polar surface area (TPSA) is 70.6 Å². The number of hydrogen-bond acceptors (Lipinski definition) is 3. The summed E-state index contributed by atoms with van der Waals surface area (Å²) >= 11 is 0. The average molecular weight is 331 g/mol. The van der Waals surface area contributed by atoms with Crippen molar-refractivity contribution < 1.29 is 9.59 Å². The van der Waals surface area contributed by atoms with Gasteiger partial charge in [-0.25, -0.2) is 5.43 Å². The molecular weight excluding hydrogens is 314 g/mol. The quantitative estimate of drug-likeness (QED) is 0.567. The summed E-state index contributed by atoms with van der Waals surface area (Å²) in [5.41, 5.74) is 4.42. The summed E-state index contributed by atoms with van der Waals surface area (Å²) in [6, 6.07) is 20.6. The van der Waals surface area contributed by atoms with E-state index >= 15 is 0 Å². The van der Waals surface area contributed by atoms with Gasteiger partial charge in [0.2, 0.25) is 5.91 Å². The highest BCUT2D eigenvalue weighted by Gasteiger charge is 2.06. The fourth-order valence-electron chi connectivity index (χ4n) is 2.53. The fourth-order valence-corrected chi connectivity index (χ4v) is 2.53. The monoisotopic (exact) mass is 331 g/mol. The molecular formula is C20H17N3O2. The largest absolute Gasteiger partial charge is 0.326 e. The van der Waals surface area contributed by atoms with E-state index in [4.69, 9.17) is 0 Å². The van der Waals surface area contributed by atoms with Gasteiger partial charge in [0, 0.05) is 23.7 Å². The molecule has 0 fully saturated rings. The van der Waals surface area contributed by atoms with Crippen LogP contribution in [0.3, 0.4) is 0 Å². The maximum atomic E-state index is 12.2. The van der Waals surface area contributed by atoms with Crippen LogP contribution in [0.2, 0.25) is 0 Å². The third-order valence-electron chi connectivity index (χ3n) is 3.64. The van der Waals surface area contributed by atoms with Crippen molar-refractivity contribution in [2.75, 3.05) is 5.32 Å². The lowest BCUT2D eigenvalue weighted by atomic mass is 10.1. The molecule has 0 spiro atoms. The van der Waals surface area contributed by atoms with Crippen molar-refractivity contribution >= 4 is 34.5 Å². The molecule has 0 saturated heterocycles. The van der Waals surface area contributed by atoms with Crippen LogP contribution in [0.5, 0.6) is 0 Å². The number of nitrogens with zero attached hydrogens (tertiary/aromatic N) is 1. The predicted molar refractivity (Wildman–Crippen MR) is 99.8 cm³/mol. The smallest absolute Gasteiger partial charge is 0.271 e. The van der Waals surface area contributed by atoms with Gasteiger partial charge >= 0.3 is 0 Å². The van der Waals surface area contributed by atoms with Crippen LogP contribution >= 0.6 is 0 Å². The van der Waals surface area contributed by atoms with Gasteiger partial charge in [0.05, 0.1) is 6.21 Å². The summed E-state index contributed by atoms with van der Waals surface area (Å²) in [5, 5.41) is 8.87. The number of rotatable bonds is 4. The molecule has 0 aromatic heterocycles. The third kappa shape index (κ3) is 4.09. The minimum atomic E-state index is -0.344. The van der Waals surface area contributed by atoms with Crippen molar-refractivity contribution in [2.24, 2.45) is 5.10 Å². The van der Waals surface area contributed by atoms with E-state index in [1.165, 1.54) is 6.92 Å². The molecule has 3 aromatic carbocycles. The molecule has 0 aliphatic rings. The first-order chi connectivity index (χ1) is 12.1. The molecule has 0 heterocycles. The number of nitrogens with one attached hydrogen (secondary N) is 2. The Morgan fingerprint density at radius 3 is 2.56 bits per heavy atom. The highest BCUT2D eigenvalue weighted by molar-refractivity contribution is 6.01. The summed E-state index contributed by atoms with van der Waals surface area (Å²) < 4.78 is 0. The Balaban J connectivity index is 1.73. The van der Waals surface area contributed by atoms with Gasteiger partial charge in [-0.1, -0.05) is 48.5 Å². The Bertz CT molecular complexity index is 959. The van der Waals surface area contributed by atoms with Gasteiger partial charge in [-0.3, -0.25) is 9.59 Å². The summed E-state index contributed by atoms with van der Waals surface area (Å²) in [5.74, 6) is -0.532. The summed E-state index contributed by atoms with van der Waals surface area (Å²) in [6.45, 7) is 1.42. The van der Waals surface area contributed by atoms with Crippen LogP contribution in [0.1, 0.15) is 22.8 Å². The SMILES string of the molecule is CC(=O)Nc1cccc(C(=O)N/N=C\c2cccc3ccccc23)c1. The lowest BCUT2D eigenvalue weighted by Crippen LogP contribution is -2.18. The zero-order valence-electron chi connectivity index (χ0n) is 13.7. The van der Waals surface area contributed by atoms with E-state index in [2.05, 4.69) is 15.8 Å². The highest BCUT2D eigenvalue weighted by atomic mass is 16.2. The Kier molecular flexibility index (Phi) is 4.85. The van der Waals surface area contributed by atoms with Crippen molar-refractivity contribution in [3.8, 4) is 0 Å².